The van der Waals surface area contributed by atoms with Crippen molar-refractivity contribution >= 4 is 15.9 Å². The van der Waals surface area contributed by atoms with E-state index < -0.39 is 10.0 Å². The zero-order valence-corrected chi connectivity index (χ0v) is 18.3. The Hall–Kier alpha value is -1.88. The minimum atomic E-state index is -3.43. The predicted octanol–water partition coefficient (Wildman–Crippen LogP) is 1.94. The van der Waals surface area contributed by atoms with Crippen molar-refractivity contribution < 1.29 is 18.3 Å². The molecule has 0 aromatic heterocycles. The highest BCUT2D eigenvalue weighted by molar-refractivity contribution is 7.89. The number of hydrogen-bond donors (Lipinski definition) is 1. The van der Waals surface area contributed by atoms with E-state index in [9.17, 15) is 18.3 Å². The Labute approximate surface area is 179 Å². The third-order valence-electron chi connectivity index (χ3n) is 6.80. The average Bonchev–Trinajstić information content (AvgIpc) is 2.75. The Morgan fingerprint density at radius 2 is 1.83 bits per heavy atom. The first-order chi connectivity index (χ1) is 14.4. The van der Waals surface area contributed by atoms with E-state index in [1.807, 2.05) is 24.3 Å². The van der Waals surface area contributed by atoms with Crippen molar-refractivity contribution in [2.75, 3.05) is 25.4 Å². The second kappa shape index (κ2) is 8.70. The van der Waals surface area contributed by atoms with Gasteiger partial charge < -0.3 is 10.0 Å². The van der Waals surface area contributed by atoms with Gasteiger partial charge in [0.05, 0.1) is 31.0 Å². The van der Waals surface area contributed by atoms with Crippen molar-refractivity contribution in [1.29, 1.82) is 0 Å². The normalized spacial score (nSPS) is 27.7. The smallest absolute Gasteiger partial charge is 0.238 e. The zero-order valence-electron chi connectivity index (χ0n) is 17.5. The number of benzene rings is 1. The Morgan fingerprint density at radius 1 is 1.13 bits per heavy atom. The van der Waals surface area contributed by atoms with Crippen LogP contribution in [0.4, 0.5) is 0 Å². The van der Waals surface area contributed by atoms with Gasteiger partial charge in [-0.2, -0.15) is 4.31 Å². The van der Waals surface area contributed by atoms with Crippen molar-refractivity contribution in [2.24, 2.45) is 5.92 Å². The summed E-state index contributed by atoms with van der Waals surface area (Å²) in [4.78, 5) is 14.2. The van der Waals surface area contributed by atoms with E-state index in [0.717, 1.165) is 11.1 Å². The maximum absolute atomic E-state index is 12.6. The van der Waals surface area contributed by atoms with E-state index in [4.69, 9.17) is 0 Å². The van der Waals surface area contributed by atoms with Gasteiger partial charge in [-0.05, 0) is 37.5 Å². The van der Waals surface area contributed by atoms with E-state index in [2.05, 4.69) is 11.8 Å². The van der Waals surface area contributed by atoms with E-state index >= 15 is 0 Å². The van der Waals surface area contributed by atoms with Crippen molar-refractivity contribution in [2.45, 2.75) is 57.0 Å². The van der Waals surface area contributed by atoms with Gasteiger partial charge in [0.2, 0.25) is 15.9 Å². The van der Waals surface area contributed by atoms with E-state index in [-0.39, 0.29) is 49.4 Å². The van der Waals surface area contributed by atoms with Crippen LogP contribution in [0, 0.1) is 17.8 Å². The lowest BCUT2D eigenvalue weighted by molar-refractivity contribution is -0.158. The topological polar surface area (TPSA) is 77.9 Å². The summed E-state index contributed by atoms with van der Waals surface area (Å²) in [5.74, 6) is 6.86. The number of rotatable bonds is 4. The molecule has 3 aliphatic rings. The van der Waals surface area contributed by atoms with Crippen LogP contribution in [0.5, 0.6) is 0 Å². The summed E-state index contributed by atoms with van der Waals surface area (Å²) in [6.07, 6.45) is 6.23. The van der Waals surface area contributed by atoms with Crippen LogP contribution in [0.15, 0.2) is 24.3 Å². The highest BCUT2D eigenvalue weighted by Gasteiger charge is 2.55. The number of aliphatic hydroxyl groups excluding tert-OH is 1. The SMILES string of the molecule is CCS(=O)(=O)N1CC(=O)N2[C@@H](CO)[C@H](c3ccc(C#CC4CCCCC4)cc3)[C@@H]2C1. The van der Waals surface area contributed by atoms with Crippen molar-refractivity contribution in [3.05, 3.63) is 35.4 Å². The van der Waals surface area contributed by atoms with Crippen LogP contribution in [-0.2, 0) is 14.8 Å². The molecule has 30 heavy (non-hydrogen) atoms. The van der Waals surface area contributed by atoms with Crippen LogP contribution in [0.1, 0.15) is 56.1 Å². The molecule has 0 bridgehead atoms. The molecule has 1 amide bonds. The number of carbonyl (C=O) groups is 1. The second-order valence-corrected chi connectivity index (χ2v) is 10.8. The maximum Gasteiger partial charge on any atom is 0.238 e. The van der Waals surface area contributed by atoms with Crippen LogP contribution >= 0.6 is 0 Å². The second-order valence-electron chi connectivity index (χ2n) is 8.56. The van der Waals surface area contributed by atoms with Gasteiger partial charge in [-0.1, -0.05) is 43.2 Å². The molecule has 0 radical (unpaired) electrons. The fourth-order valence-corrected chi connectivity index (χ4v) is 6.14. The molecule has 3 atom stereocenters. The summed E-state index contributed by atoms with van der Waals surface area (Å²) in [7, 11) is -3.43. The van der Waals surface area contributed by atoms with Crippen LogP contribution in [0.25, 0.3) is 0 Å². The maximum atomic E-state index is 12.6. The molecule has 4 rings (SSSR count). The molecule has 162 valence electrons. The van der Waals surface area contributed by atoms with E-state index in [1.54, 1.807) is 11.8 Å². The van der Waals surface area contributed by atoms with Gasteiger partial charge in [0.1, 0.15) is 0 Å². The largest absolute Gasteiger partial charge is 0.394 e. The molecule has 6 nitrogen and oxygen atoms in total. The highest BCUT2D eigenvalue weighted by atomic mass is 32.2. The van der Waals surface area contributed by atoms with Gasteiger partial charge in [-0.15, -0.1) is 0 Å². The standard InChI is InChI=1S/C23H30N2O4S/c1-2-30(28,29)24-14-20-23(21(16-26)25(20)22(27)15-24)19-12-10-18(11-13-19)9-8-17-6-4-3-5-7-17/h10-13,17,20-21,23,26H,2-7,14-16H2,1H3/t20-,21-,23+/m0/s1. The average molecular weight is 431 g/mol. The van der Waals surface area contributed by atoms with Crippen molar-refractivity contribution in [3.8, 4) is 11.8 Å². The van der Waals surface area contributed by atoms with Gasteiger partial charge in [0, 0.05) is 23.9 Å². The number of fused-ring (bicyclic) bond motifs is 1. The summed E-state index contributed by atoms with van der Waals surface area (Å²) in [6, 6.07) is 7.47. The molecule has 1 saturated carbocycles. The fraction of sp³-hybridized carbons (Fsp3) is 0.609. The number of sulfonamides is 1. The Bertz CT molecular complexity index is 942. The summed E-state index contributed by atoms with van der Waals surface area (Å²) >= 11 is 0. The molecular weight excluding hydrogens is 400 g/mol. The molecule has 0 unspecified atom stereocenters. The third-order valence-corrected chi connectivity index (χ3v) is 8.60. The number of piperazine rings is 1. The first-order valence-electron chi connectivity index (χ1n) is 11.0. The predicted molar refractivity (Wildman–Crippen MR) is 115 cm³/mol. The Balaban J connectivity index is 1.51. The van der Waals surface area contributed by atoms with Gasteiger partial charge in [0.25, 0.3) is 0 Å². The molecule has 1 aliphatic carbocycles. The molecule has 2 aliphatic heterocycles. The number of aliphatic hydroxyl groups is 1. The lowest BCUT2D eigenvalue weighted by Gasteiger charge is -2.58. The summed E-state index contributed by atoms with van der Waals surface area (Å²) < 4.78 is 25.9. The number of carbonyl (C=O) groups excluding carboxylic acids is 1. The van der Waals surface area contributed by atoms with Crippen LogP contribution < -0.4 is 0 Å². The lowest BCUT2D eigenvalue weighted by atomic mass is 9.74. The van der Waals surface area contributed by atoms with Crippen molar-refractivity contribution in [3.63, 3.8) is 0 Å². The molecule has 7 heteroatoms. The van der Waals surface area contributed by atoms with Gasteiger partial charge in [-0.25, -0.2) is 8.42 Å². The molecule has 0 spiro atoms. The lowest BCUT2D eigenvalue weighted by Crippen LogP contribution is -2.73. The highest BCUT2D eigenvalue weighted by Crippen LogP contribution is 2.43. The van der Waals surface area contributed by atoms with Crippen LogP contribution in [0.2, 0.25) is 0 Å². The fourth-order valence-electron chi connectivity index (χ4n) is 5.09. The molecular formula is C23H30N2O4S. The van der Waals surface area contributed by atoms with Gasteiger partial charge in [-0.3, -0.25) is 4.79 Å². The van der Waals surface area contributed by atoms with E-state index in [1.165, 1.54) is 36.4 Å². The number of amides is 1. The summed E-state index contributed by atoms with van der Waals surface area (Å²) in [5, 5.41) is 9.88. The monoisotopic (exact) mass is 430 g/mol. The quantitative estimate of drug-likeness (QED) is 0.741. The molecule has 1 aromatic carbocycles. The Morgan fingerprint density at radius 3 is 2.47 bits per heavy atom. The zero-order chi connectivity index (χ0) is 21.3. The number of nitrogens with zero attached hydrogens (tertiary/aromatic N) is 2. The summed E-state index contributed by atoms with van der Waals surface area (Å²) in [6.45, 7) is 1.61. The first-order valence-corrected chi connectivity index (χ1v) is 12.6. The summed E-state index contributed by atoms with van der Waals surface area (Å²) in [5.41, 5.74) is 1.98. The van der Waals surface area contributed by atoms with Gasteiger partial charge >= 0.3 is 0 Å². The molecule has 1 aromatic rings. The molecule has 2 saturated heterocycles. The molecule has 2 heterocycles. The third kappa shape index (κ3) is 4.01. The number of hydrogen-bond acceptors (Lipinski definition) is 4. The van der Waals surface area contributed by atoms with Crippen LogP contribution in [0.3, 0.4) is 0 Å². The molecule has 1 N–H and O–H groups in total. The minimum absolute atomic E-state index is 0.0184. The minimum Gasteiger partial charge on any atom is -0.394 e. The van der Waals surface area contributed by atoms with Crippen molar-refractivity contribution in [1.82, 2.24) is 9.21 Å². The van der Waals surface area contributed by atoms with Gasteiger partial charge in [0.15, 0.2) is 0 Å². The van der Waals surface area contributed by atoms with Crippen LogP contribution in [-0.4, -0.2) is 66.2 Å². The first kappa shape index (κ1) is 21.4. The van der Waals surface area contributed by atoms with E-state index in [0.29, 0.717) is 5.92 Å². The Kier molecular flexibility index (Phi) is 6.19. The molecule has 3 fully saturated rings.